The van der Waals surface area contributed by atoms with Gasteiger partial charge in [-0.05, 0) is 10.8 Å². The first kappa shape index (κ1) is 14.4. The zero-order valence-corrected chi connectivity index (χ0v) is 11.7. The Morgan fingerprint density at radius 2 is 1.76 bits per heavy atom. The van der Waals surface area contributed by atoms with Crippen LogP contribution in [0.5, 0.6) is 0 Å². The summed E-state index contributed by atoms with van der Waals surface area (Å²) in [4.78, 5) is 22.2. The fourth-order valence-corrected chi connectivity index (χ4v) is 2.93. The minimum atomic E-state index is -0.814. The molecule has 1 saturated carbocycles. The van der Waals surface area contributed by atoms with Gasteiger partial charge in [0, 0.05) is 18.2 Å². The molecule has 0 heterocycles. The van der Waals surface area contributed by atoms with E-state index >= 15 is 0 Å². The summed E-state index contributed by atoms with van der Waals surface area (Å²) >= 11 is 1.32. The topological polar surface area (TPSA) is 66.4 Å². The van der Waals surface area contributed by atoms with Crippen LogP contribution in [0.25, 0.3) is 0 Å². The fourth-order valence-electron chi connectivity index (χ4n) is 2.36. The molecule has 0 aliphatic heterocycles. The van der Waals surface area contributed by atoms with Crippen LogP contribution in [0.1, 0.15) is 27.7 Å². The molecule has 2 N–H and O–H groups in total. The molecule has 1 fully saturated rings. The number of carbonyl (C=O) groups excluding carboxylic acids is 1. The molecule has 17 heavy (non-hydrogen) atoms. The maximum absolute atomic E-state index is 11.9. The predicted molar refractivity (Wildman–Crippen MR) is 69.0 cm³/mol. The van der Waals surface area contributed by atoms with E-state index in [1.54, 1.807) is 0 Å². The molecule has 0 bridgehead atoms. The second-order valence-electron chi connectivity index (χ2n) is 5.61. The van der Waals surface area contributed by atoms with Gasteiger partial charge in [-0.15, -0.1) is 11.8 Å². The number of carboxylic acid groups (broad SMARTS) is 1. The van der Waals surface area contributed by atoms with Crippen molar-refractivity contribution in [2.45, 2.75) is 27.7 Å². The summed E-state index contributed by atoms with van der Waals surface area (Å²) in [6, 6.07) is 0. The minimum absolute atomic E-state index is 0.0608. The first-order valence-electron chi connectivity index (χ1n) is 5.78. The quantitative estimate of drug-likeness (QED) is 0.711. The van der Waals surface area contributed by atoms with Crippen LogP contribution in [0.4, 0.5) is 0 Å². The maximum atomic E-state index is 11.9. The van der Waals surface area contributed by atoms with E-state index in [1.165, 1.54) is 11.8 Å². The van der Waals surface area contributed by atoms with E-state index < -0.39 is 5.97 Å². The zero-order chi connectivity index (χ0) is 13.3. The third-order valence-electron chi connectivity index (χ3n) is 4.05. The number of rotatable bonds is 6. The Balaban J connectivity index is 2.22. The van der Waals surface area contributed by atoms with Gasteiger partial charge < -0.3 is 10.4 Å². The number of hydrogen-bond donors (Lipinski definition) is 2. The largest absolute Gasteiger partial charge is 0.481 e. The number of aliphatic carboxylic acids is 1. The Bertz CT molecular complexity index is 312. The molecular formula is C12H21NO3S. The lowest BCUT2D eigenvalue weighted by atomic mass is 10.0. The van der Waals surface area contributed by atoms with Crippen LogP contribution in [-0.4, -0.2) is 35.0 Å². The van der Waals surface area contributed by atoms with Crippen LogP contribution in [0.2, 0.25) is 0 Å². The van der Waals surface area contributed by atoms with Gasteiger partial charge in [0.05, 0.1) is 5.75 Å². The summed E-state index contributed by atoms with van der Waals surface area (Å²) in [5.41, 5.74) is 0.122. The van der Waals surface area contributed by atoms with Crippen molar-refractivity contribution < 1.29 is 14.7 Å². The number of amides is 1. The van der Waals surface area contributed by atoms with E-state index in [1.807, 2.05) is 0 Å². The van der Waals surface area contributed by atoms with Gasteiger partial charge in [0.2, 0.25) is 5.91 Å². The highest BCUT2D eigenvalue weighted by Gasteiger charge is 2.68. The monoisotopic (exact) mass is 259 g/mol. The number of carboxylic acids is 1. The van der Waals surface area contributed by atoms with E-state index in [9.17, 15) is 9.59 Å². The van der Waals surface area contributed by atoms with E-state index in [4.69, 9.17) is 5.11 Å². The molecular weight excluding hydrogens is 238 g/mol. The van der Waals surface area contributed by atoms with Gasteiger partial charge in [-0.2, -0.15) is 0 Å². The highest BCUT2D eigenvalue weighted by molar-refractivity contribution is 7.99. The molecule has 1 amide bonds. The number of hydrogen-bond acceptors (Lipinski definition) is 3. The first-order valence-corrected chi connectivity index (χ1v) is 6.94. The highest BCUT2D eigenvalue weighted by Crippen LogP contribution is 2.68. The number of thioether (sulfide) groups is 1. The van der Waals surface area contributed by atoms with Crippen molar-refractivity contribution in [2.24, 2.45) is 16.7 Å². The normalized spacial score (nSPS) is 20.9. The third-order valence-corrected chi connectivity index (χ3v) is 5.00. The van der Waals surface area contributed by atoms with Gasteiger partial charge >= 0.3 is 5.97 Å². The molecule has 0 radical (unpaired) electrons. The van der Waals surface area contributed by atoms with Crippen LogP contribution < -0.4 is 5.32 Å². The average Bonchev–Trinajstić information content (AvgIpc) is 2.56. The molecule has 0 aromatic rings. The lowest BCUT2D eigenvalue weighted by Gasteiger charge is -2.05. The standard InChI is InChI=1S/C12H21NO3S/c1-11(2)9(12(11,3)4)10(16)13-5-6-17-7-8(14)15/h9H,5-7H2,1-4H3,(H,13,16)(H,14,15). The highest BCUT2D eigenvalue weighted by atomic mass is 32.2. The van der Waals surface area contributed by atoms with Gasteiger partial charge in [0.1, 0.15) is 0 Å². The second kappa shape index (κ2) is 4.88. The Morgan fingerprint density at radius 1 is 1.24 bits per heavy atom. The van der Waals surface area contributed by atoms with Crippen LogP contribution in [-0.2, 0) is 9.59 Å². The van der Waals surface area contributed by atoms with Crippen molar-refractivity contribution in [1.29, 1.82) is 0 Å². The van der Waals surface area contributed by atoms with Gasteiger partial charge in [-0.1, -0.05) is 27.7 Å². The lowest BCUT2D eigenvalue weighted by Crippen LogP contribution is -2.29. The Hall–Kier alpha value is -0.710. The van der Waals surface area contributed by atoms with Crippen molar-refractivity contribution in [3.8, 4) is 0 Å². The summed E-state index contributed by atoms with van der Waals surface area (Å²) in [6.07, 6.45) is 0. The Kier molecular flexibility index (Phi) is 4.12. The Labute approximate surface area is 107 Å². The number of nitrogens with one attached hydrogen (secondary N) is 1. The molecule has 5 heteroatoms. The van der Waals surface area contributed by atoms with Crippen LogP contribution in [0.3, 0.4) is 0 Å². The van der Waals surface area contributed by atoms with E-state index in [2.05, 4.69) is 33.0 Å². The van der Waals surface area contributed by atoms with Crippen molar-refractivity contribution in [3.63, 3.8) is 0 Å². The summed E-state index contributed by atoms with van der Waals surface area (Å²) in [6.45, 7) is 8.97. The zero-order valence-electron chi connectivity index (χ0n) is 10.9. The first-order chi connectivity index (χ1) is 7.71. The van der Waals surface area contributed by atoms with Gasteiger partial charge in [-0.3, -0.25) is 9.59 Å². The lowest BCUT2D eigenvalue weighted by molar-refractivity contribution is -0.134. The van der Waals surface area contributed by atoms with Crippen molar-refractivity contribution in [3.05, 3.63) is 0 Å². The van der Waals surface area contributed by atoms with Gasteiger partial charge in [0.15, 0.2) is 0 Å². The van der Waals surface area contributed by atoms with Crippen LogP contribution in [0, 0.1) is 16.7 Å². The average molecular weight is 259 g/mol. The van der Waals surface area contributed by atoms with Crippen LogP contribution >= 0.6 is 11.8 Å². The van der Waals surface area contributed by atoms with Crippen molar-refractivity contribution in [2.75, 3.05) is 18.1 Å². The summed E-state index contributed by atoms with van der Waals surface area (Å²) in [5.74, 6) is 0.0863. The predicted octanol–water partition coefficient (Wildman–Crippen LogP) is 1.60. The Morgan fingerprint density at radius 3 is 2.18 bits per heavy atom. The molecule has 0 aromatic heterocycles. The van der Waals surface area contributed by atoms with Gasteiger partial charge in [0.25, 0.3) is 0 Å². The minimum Gasteiger partial charge on any atom is -0.481 e. The SMILES string of the molecule is CC1(C)C(C(=O)NCCSCC(=O)O)C1(C)C. The molecule has 98 valence electrons. The molecule has 1 aliphatic carbocycles. The molecule has 0 aromatic carbocycles. The van der Waals surface area contributed by atoms with Crippen molar-refractivity contribution >= 4 is 23.6 Å². The van der Waals surface area contributed by atoms with E-state index in [0.29, 0.717) is 12.3 Å². The summed E-state index contributed by atoms with van der Waals surface area (Å²) in [7, 11) is 0. The molecule has 0 saturated heterocycles. The molecule has 0 atom stereocenters. The molecule has 1 aliphatic rings. The van der Waals surface area contributed by atoms with Gasteiger partial charge in [-0.25, -0.2) is 0 Å². The second-order valence-corrected chi connectivity index (χ2v) is 6.72. The summed E-state index contributed by atoms with van der Waals surface area (Å²) < 4.78 is 0. The molecule has 1 rings (SSSR count). The smallest absolute Gasteiger partial charge is 0.313 e. The third kappa shape index (κ3) is 2.94. The maximum Gasteiger partial charge on any atom is 0.313 e. The van der Waals surface area contributed by atoms with Crippen LogP contribution in [0.15, 0.2) is 0 Å². The summed E-state index contributed by atoms with van der Waals surface area (Å²) in [5, 5.41) is 11.3. The molecule has 0 unspecified atom stereocenters. The fraction of sp³-hybridized carbons (Fsp3) is 0.833. The van der Waals surface area contributed by atoms with E-state index in [-0.39, 0.29) is 28.4 Å². The van der Waals surface area contributed by atoms with E-state index in [0.717, 1.165) is 0 Å². The molecule has 4 nitrogen and oxygen atoms in total. The molecule has 0 spiro atoms. The van der Waals surface area contributed by atoms with Crippen molar-refractivity contribution in [1.82, 2.24) is 5.32 Å². The number of carbonyl (C=O) groups is 2.